The van der Waals surface area contributed by atoms with E-state index < -0.39 is 16.1 Å². The number of rotatable bonds is 5. The van der Waals surface area contributed by atoms with E-state index in [1.54, 1.807) is 42.9 Å². The van der Waals surface area contributed by atoms with Crippen LogP contribution in [0.4, 0.5) is 4.79 Å². The van der Waals surface area contributed by atoms with E-state index in [1.165, 1.54) is 12.1 Å². The van der Waals surface area contributed by atoms with E-state index in [0.717, 1.165) is 10.9 Å². The smallest absolute Gasteiger partial charge is 0.421 e. The molecule has 4 aromatic rings. The van der Waals surface area contributed by atoms with Gasteiger partial charge in [0.1, 0.15) is 5.82 Å². The first kappa shape index (κ1) is 21.0. The Kier molecular flexibility index (Phi) is 5.24. The van der Waals surface area contributed by atoms with Crippen molar-refractivity contribution in [3.63, 3.8) is 0 Å². The van der Waals surface area contributed by atoms with Crippen LogP contribution >= 0.6 is 11.6 Å². The zero-order chi connectivity index (χ0) is 22.3. The molecule has 0 saturated carbocycles. The van der Waals surface area contributed by atoms with Gasteiger partial charge in [-0.25, -0.2) is 13.2 Å². The maximum atomic E-state index is 13.0. The molecule has 0 radical (unpaired) electrons. The van der Waals surface area contributed by atoms with Crippen LogP contribution < -0.4 is 0 Å². The molecule has 31 heavy (non-hydrogen) atoms. The summed E-state index contributed by atoms with van der Waals surface area (Å²) in [4.78, 5) is 11.9. The van der Waals surface area contributed by atoms with Gasteiger partial charge in [-0.05, 0) is 43.3 Å². The first-order valence-electron chi connectivity index (χ1n) is 9.30. The first-order chi connectivity index (χ1) is 14.7. The largest absolute Gasteiger partial charge is 0.464 e. The van der Waals surface area contributed by atoms with Crippen LogP contribution in [0.3, 0.4) is 0 Å². The van der Waals surface area contributed by atoms with E-state index in [9.17, 15) is 18.3 Å². The maximum absolute atomic E-state index is 13.0. The molecular weight excluding hydrogens is 440 g/mol. The van der Waals surface area contributed by atoms with Gasteiger partial charge in [0.05, 0.1) is 22.7 Å². The van der Waals surface area contributed by atoms with Gasteiger partial charge in [-0.1, -0.05) is 29.8 Å². The van der Waals surface area contributed by atoms with E-state index in [4.69, 9.17) is 11.6 Å². The van der Waals surface area contributed by atoms with Crippen LogP contribution in [0.2, 0.25) is 5.02 Å². The van der Waals surface area contributed by atoms with Gasteiger partial charge in [-0.2, -0.15) is 9.40 Å². The predicted octanol–water partition coefficient (Wildman–Crippen LogP) is 4.19. The van der Waals surface area contributed by atoms with Crippen molar-refractivity contribution in [3.05, 3.63) is 77.1 Å². The van der Waals surface area contributed by atoms with Crippen LogP contribution in [0.5, 0.6) is 0 Å². The topological polar surface area (TPSA) is 97.4 Å². The third kappa shape index (κ3) is 3.66. The van der Waals surface area contributed by atoms with Crippen LogP contribution in [0, 0.1) is 6.92 Å². The van der Waals surface area contributed by atoms with Crippen molar-refractivity contribution in [1.82, 2.24) is 18.7 Å². The van der Waals surface area contributed by atoms with Crippen molar-refractivity contribution >= 4 is 38.6 Å². The Morgan fingerprint density at radius 2 is 1.87 bits per heavy atom. The number of benzene rings is 2. The summed E-state index contributed by atoms with van der Waals surface area (Å²) in [5, 5.41) is 15.7. The molecule has 0 fully saturated rings. The average molecular weight is 459 g/mol. The molecule has 0 aliphatic heterocycles. The fourth-order valence-electron chi connectivity index (χ4n) is 3.59. The molecule has 8 nitrogen and oxygen atoms in total. The molecule has 2 aromatic carbocycles. The summed E-state index contributed by atoms with van der Waals surface area (Å²) >= 11 is 6.09. The quantitative estimate of drug-likeness (QED) is 0.483. The summed E-state index contributed by atoms with van der Waals surface area (Å²) in [5.41, 5.74) is 1.85. The highest BCUT2D eigenvalue weighted by Gasteiger charge is 2.32. The SMILES string of the molecule is Cc1nn(C)c(-n2ccc3cc(Cl)ccc32)c1CN(C(=O)O)S(=O)(=O)c1ccccc1. The van der Waals surface area contributed by atoms with Crippen LogP contribution in [0.25, 0.3) is 16.7 Å². The molecule has 0 aliphatic rings. The van der Waals surface area contributed by atoms with Gasteiger partial charge >= 0.3 is 6.09 Å². The Morgan fingerprint density at radius 1 is 1.16 bits per heavy atom. The number of hydrogen-bond acceptors (Lipinski definition) is 4. The Bertz CT molecular complexity index is 1390. The van der Waals surface area contributed by atoms with E-state index in [1.807, 2.05) is 29.0 Å². The minimum Gasteiger partial charge on any atom is -0.464 e. The maximum Gasteiger partial charge on any atom is 0.421 e. The molecule has 160 valence electrons. The minimum absolute atomic E-state index is 0.0958. The molecule has 1 amide bonds. The number of amides is 1. The van der Waals surface area contributed by atoms with Gasteiger partial charge in [-0.15, -0.1) is 0 Å². The Balaban J connectivity index is 1.84. The molecule has 4 rings (SSSR count). The Morgan fingerprint density at radius 3 is 2.55 bits per heavy atom. The van der Waals surface area contributed by atoms with Crippen LogP contribution in [-0.2, 0) is 23.6 Å². The minimum atomic E-state index is -4.27. The van der Waals surface area contributed by atoms with Crippen molar-refractivity contribution in [3.8, 4) is 5.82 Å². The van der Waals surface area contributed by atoms with Crippen molar-refractivity contribution < 1.29 is 18.3 Å². The lowest BCUT2D eigenvalue weighted by Crippen LogP contribution is -2.35. The molecule has 1 N–H and O–H groups in total. The standard InChI is InChI=1S/C21H19ClN4O4S/c1-14-18(13-26(21(27)28)31(29,30)17-6-4-3-5-7-17)20(24(2)23-14)25-11-10-15-12-16(22)8-9-19(15)25/h3-12H,13H2,1-2H3,(H,27,28). The molecule has 10 heteroatoms. The number of nitrogens with zero attached hydrogens (tertiary/aromatic N) is 4. The normalized spacial score (nSPS) is 11.7. The number of fused-ring (bicyclic) bond motifs is 1. The molecule has 0 saturated heterocycles. The van der Waals surface area contributed by atoms with E-state index >= 15 is 0 Å². The number of hydrogen-bond donors (Lipinski definition) is 1. The molecule has 0 aliphatic carbocycles. The van der Waals surface area contributed by atoms with Crippen LogP contribution in [0.15, 0.2) is 65.7 Å². The summed E-state index contributed by atoms with van der Waals surface area (Å²) in [6.07, 6.45) is 0.250. The fourth-order valence-corrected chi connectivity index (χ4v) is 5.03. The van der Waals surface area contributed by atoms with Gasteiger partial charge in [0.2, 0.25) is 0 Å². The lowest BCUT2D eigenvalue weighted by molar-refractivity contribution is 0.170. The van der Waals surface area contributed by atoms with E-state index in [0.29, 0.717) is 26.4 Å². The van der Waals surface area contributed by atoms with Crippen molar-refractivity contribution in [2.45, 2.75) is 18.4 Å². The highest BCUT2D eigenvalue weighted by atomic mass is 35.5. The summed E-state index contributed by atoms with van der Waals surface area (Å²) in [7, 11) is -2.54. The highest BCUT2D eigenvalue weighted by molar-refractivity contribution is 7.89. The number of aryl methyl sites for hydroxylation is 2. The van der Waals surface area contributed by atoms with Crippen molar-refractivity contribution in [2.75, 3.05) is 0 Å². The zero-order valence-corrected chi connectivity index (χ0v) is 18.3. The average Bonchev–Trinajstić information content (AvgIpc) is 3.25. The van der Waals surface area contributed by atoms with Gasteiger partial charge in [0.15, 0.2) is 0 Å². The van der Waals surface area contributed by atoms with Gasteiger partial charge < -0.3 is 9.67 Å². The number of aromatic nitrogens is 3. The molecule has 0 spiro atoms. The van der Waals surface area contributed by atoms with Gasteiger partial charge in [0, 0.05) is 29.2 Å². The summed E-state index contributed by atoms with van der Waals surface area (Å²) < 4.78 is 30.0. The van der Waals surface area contributed by atoms with Crippen LogP contribution in [-0.4, -0.2) is 38.3 Å². The Hall–Kier alpha value is -3.30. The molecular formula is C21H19ClN4O4S. The predicted molar refractivity (Wildman–Crippen MR) is 117 cm³/mol. The molecule has 0 atom stereocenters. The summed E-state index contributed by atoms with van der Waals surface area (Å²) in [5.74, 6) is 0.573. The zero-order valence-electron chi connectivity index (χ0n) is 16.7. The third-order valence-electron chi connectivity index (χ3n) is 5.04. The Labute approximate surface area is 183 Å². The second kappa shape index (κ2) is 7.75. The first-order valence-corrected chi connectivity index (χ1v) is 11.1. The monoisotopic (exact) mass is 458 g/mol. The molecule has 0 unspecified atom stereocenters. The second-order valence-electron chi connectivity index (χ2n) is 7.01. The van der Waals surface area contributed by atoms with Gasteiger partial charge in [0.25, 0.3) is 10.0 Å². The van der Waals surface area contributed by atoms with Crippen molar-refractivity contribution in [1.29, 1.82) is 0 Å². The molecule has 2 aromatic heterocycles. The number of halogens is 1. The number of carbonyl (C=O) groups is 1. The van der Waals surface area contributed by atoms with E-state index in [2.05, 4.69) is 5.10 Å². The van der Waals surface area contributed by atoms with Crippen molar-refractivity contribution in [2.24, 2.45) is 7.05 Å². The lowest BCUT2D eigenvalue weighted by atomic mass is 10.2. The second-order valence-corrected chi connectivity index (χ2v) is 9.31. The summed E-state index contributed by atoms with van der Waals surface area (Å²) in [6, 6.07) is 14.8. The number of sulfonamides is 1. The lowest BCUT2D eigenvalue weighted by Gasteiger charge is -2.20. The van der Waals surface area contributed by atoms with Crippen LogP contribution in [0.1, 0.15) is 11.3 Å². The van der Waals surface area contributed by atoms with E-state index in [-0.39, 0.29) is 11.4 Å². The fraction of sp³-hybridized carbons (Fsp3) is 0.143. The highest BCUT2D eigenvalue weighted by Crippen LogP contribution is 2.28. The molecule has 2 heterocycles. The van der Waals surface area contributed by atoms with Gasteiger partial charge in [-0.3, -0.25) is 4.68 Å². The third-order valence-corrected chi connectivity index (χ3v) is 7.01. The molecule has 0 bridgehead atoms. The number of carboxylic acid groups (broad SMARTS) is 1. The summed E-state index contributed by atoms with van der Waals surface area (Å²) in [6.45, 7) is 1.34.